The lowest BCUT2D eigenvalue weighted by atomic mass is 10.1. The first-order valence-electron chi connectivity index (χ1n) is 7.13. The number of hydrogen-bond acceptors (Lipinski definition) is 4. The summed E-state index contributed by atoms with van der Waals surface area (Å²) in [6.07, 6.45) is 1.40. The fraction of sp³-hybridized carbons (Fsp3) is 0.769. The van der Waals surface area contributed by atoms with Crippen molar-refractivity contribution in [2.24, 2.45) is 5.92 Å². The largest absolute Gasteiger partial charge is 0.480 e. The number of hydrogen-bond donors (Lipinski definition) is 3. The zero-order chi connectivity index (χ0) is 15.8. The molecule has 8 heteroatoms. The maximum absolute atomic E-state index is 12.4. The van der Waals surface area contributed by atoms with Crippen LogP contribution < -0.4 is 10.5 Å². The molecule has 3 N–H and O–H groups in total. The second kappa shape index (κ2) is 5.67. The van der Waals surface area contributed by atoms with E-state index in [1.807, 2.05) is 6.92 Å². The summed E-state index contributed by atoms with van der Waals surface area (Å²) >= 11 is 0. The molecule has 0 unspecified atom stereocenters. The maximum atomic E-state index is 12.4. The van der Waals surface area contributed by atoms with Gasteiger partial charge in [0, 0.05) is 6.54 Å². The Bertz CT molecular complexity index is 466. The number of carboxylic acids is 1. The van der Waals surface area contributed by atoms with Gasteiger partial charge in [-0.05, 0) is 32.1 Å². The summed E-state index contributed by atoms with van der Waals surface area (Å²) < 4.78 is 0. The van der Waals surface area contributed by atoms with Gasteiger partial charge in [0.25, 0.3) is 0 Å². The molecule has 21 heavy (non-hydrogen) atoms. The molecule has 0 spiro atoms. The smallest absolute Gasteiger partial charge is 0.329 e. The SMILES string of the molecule is [B]N[C@@H](C)C(=O)N1C[C@H](C)C[C@H]1C(=O)NC1(C(=O)O)CC1. The van der Waals surface area contributed by atoms with Gasteiger partial charge in [0.2, 0.25) is 11.8 Å². The van der Waals surface area contributed by atoms with Crippen molar-refractivity contribution in [2.75, 3.05) is 6.54 Å². The van der Waals surface area contributed by atoms with E-state index < -0.39 is 29.5 Å². The van der Waals surface area contributed by atoms with Crippen molar-refractivity contribution in [1.82, 2.24) is 15.4 Å². The lowest BCUT2D eigenvalue weighted by Gasteiger charge is -2.27. The fourth-order valence-electron chi connectivity index (χ4n) is 2.69. The number of nitrogens with one attached hydrogen (secondary N) is 2. The molecule has 7 nitrogen and oxygen atoms in total. The molecule has 1 aliphatic heterocycles. The van der Waals surface area contributed by atoms with Gasteiger partial charge in [0.15, 0.2) is 7.98 Å². The first-order valence-corrected chi connectivity index (χ1v) is 7.13. The summed E-state index contributed by atoms with van der Waals surface area (Å²) in [5.41, 5.74) is -1.13. The highest BCUT2D eigenvalue weighted by Crippen LogP contribution is 2.36. The van der Waals surface area contributed by atoms with Gasteiger partial charge in [-0.15, -0.1) is 0 Å². The van der Waals surface area contributed by atoms with Gasteiger partial charge >= 0.3 is 5.97 Å². The molecule has 0 aromatic rings. The number of carbonyl (C=O) groups is 3. The summed E-state index contributed by atoms with van der Waals surface area (Å²) in [6.45, 7) is 4.06. The molecule has 2 aliphatic rings. The molecule has 1 aliphatic carbocycles. The summed E-state index contributed by atoms with van der Waals surface area (Å²) in [4.78, 5) is 37.2. The Labute approximate surface area is 124 Å². The predicted octanol–water partition coefficient (Wildman–Crippen LogP) is -0.982. The first kappa shape index (κ1) is 15.8. The third-order valence-electron chi connectivity index (χ3n) is 4.24. The fourth-order valence-corrected chi connectivity index (χ4v) is 2.69. The van der Waals surface area contributed by atoms with Crippen molar-refractivity contribution in [1.29, 1.82) is 0 Å². The molecule has 2 fully saturated rings. The van der Waals surface area contributed by atoms with Crippen LogP contribution in [0.3, 0.4) is 0 Å². The molecule has 3 atom stereocenters. The van der Waals surface area contributed by atoms with Gasteiger partial charge in [-0.3, -0.25) is 9.59 Å². The van der Waals surface area contributed by atoms with E-state index in [2.05, 4.69) is 10.5 Å². The molecule has 1 saturated carbocycles. The highest BCUT2D eigenvalue weighted by Gasteiger charge is 2.53. The quantitative estimate of drug-likeness (QED) is 0.566. The number of likely N-dealkylation sites (tertiary alicyclic amines) is 1. The summed E-state index contributed by atoms with van der Waals surface area (Å²) in [7, 11) is 5.27. The number of carboxylic acid groups (broad SMARTS) is 1. The minimum absolute atomic E-state index is 0.189. The molecule has 2 rings (SSSR count). The van der Waals surface area contributed by atoms with Crippen LogP contribution in [0.2, 0.25) is 0 Å². The number of amides is 2. The maximum Gasteiger partial charge on any atom is 0.329 e. The number of nitrogens with zero attached hydrogens (tertiary/aromatic N) is 1. The summed E-state index contributed by atoms with van der Waals surface area (Å²) in [6, 6.07) is -1.21. The second-order valence-corrected chi connectivity index (χ2v) is 6.11. The van der Waals surface area contributed by atoms with Crippen LogP contribution in [-0.4, -0.2) is 59.9 Å². The minimum atomic E-state index is -1.13. The standard InChI is InChI=1S/C13H20BN3O4/c1-7-5-9(17(6-7)11(19)8(2)16-14)10(18)15-13(3-4-13)12(20)21/h7-9,16H,3-6H2,1-2H3,(H,15,18)(H,20,21)/t7-,8+,9+/m1/s1. The zero-order valence-electron chi connectivity index (χ0n) is 12.3. The van der Waals surface area contributed by atoms with E-state index in [4.69, 9.17) is 13.1 Å². The van der Waals surface area contributed by atoms with Gasteiger partial charge in [-0.25, -0.2) is 4.79 Å². The Morgan fingerprint density at radius 3 is 2.48 bits per heavy atom. The molecular formula is C13H20BN3O4. The van der Waals surface area contributed by atoms with Gasteiger partial charge in [-0.1, -0.05) is 6.92 Å². The lowest BCUT2D eigenvalue weighted by molar-refractivity contribution is -0.145. The van der Waals surface area contributed by atoms with Crippen LogP contribution in [0.25, 0.3) is 0 Å². The lowest BCUT2D eigenvalue weighted by Crippen LogP contribution is -2.54. The highest BCUT2D eigenvalue weighted by atomic mass is 16.4. The molecular weight excluding hydrogens is 273 g/mol. The Kier molecular flexibility index (Phi) is 4.27. The van der Waals surface area contributed by atoms with Crippen LogP contribution in [0.1, 0.15) is 33.1 Å². The Morgan fingerprint density at radius 2 is 2.00 bits per heavy atom. The van der Waals surface area contributed by atoms with E-state index in [0.717, 1.165) is 0 Å². The Morgan fingerprint density at radius 1 is 1.38 bits per heavy atom. The molecule has 2 amide bonds. The van der Waals surface area contributed by atoms with Crippen LogP contribution in [-0.2, 0) is 14.4 Å². The van der Waals surface area contributed by atoms with Gasteiger partial charge in [0.1, 0.15) is 11.6 Å². The van der Waals surface area contributed by atoms with Gasteiger partial charge in [0.05, 0.1) is 6.04 Å². The van der Waals surface area contributed by atoms with Gasteiger partial charge < -0.3 is 20.6 Å². The first-order chi connectivity index (χ1) is 9.80. The van der Waals surface area contributed by atoms with Crippen molar-refractivity contribution in [3.8, 4) is 0 Å². The van der Waals surface area contributed by atoms with Crippen LogP contribution in [0.5, 0.6) is 0 Å². The van der Waals surface area contributed by atoms with E-state index in [9.17, 15) is 14.4 Å². The third-order valence-corrected chi connectivity index (χ3v) is 4.24. The normalized spacial score (nSPS) is 28.0. The zero-order valence-corrected chi connectivity index (χ0v) is 12.3. The van der Waals surface area contributed by atoms with E-state index in [1.165, 1.54) is 4.90 Å². The van der Waals surface area contributed by atoms with E-state index in [1.54, 1.807) is 6.92 Å². The molecule has 2 radical (unpaired) electrons. The van der Waals surface area contributed by atoms with Crippen molar-refractivity contribution in [3.05, 3.63) is 0 Å². The van der Waals surface area contributed by atoms with Crippen LogP contribution in [0.15, 0.2) is 0 Å². The average molecular weight is 293 g/mol. The molecule has 114 valence electrons. The summed E-state index contributed by atoms with van der Waals surface area (Å²) in [5, 5.41) is 14.1. The van der Waals surface area contributed by atoms with E-state index in [-0.39, 0.29) is 11.8 Å². The van der Waals surface area contributed by atoms with E-state index >= 15 is 0 Å². The third kappa shape index (κ3) is 3.05. The Balaban J connectivity index is 2.07. The molecule has 0 aromatic heterocycles. The van der Waals surface area contributed by atoms with Gasteiger partial charge in [-0.2, -0.15) is 0 Å². The number of rotatable bonds is 5. The Hall–Kier alpha value is -1.57. The van der Waals surface area contributed by atoms with Crippen molar-refractivity contribution >= 4 is 25.8 Å². The summed E-state index contributed by atoms with van der Waals surface area (Å²) in [5.74, 6) is -1.47. The average Bonchev–Trinajstić information content (AvgIpc) is 3.12. The monoisotopic (exact) mass is 293 g/mol. The predicted molar refractivity (Wildman–Crippen MR) is 75.4 cm³/mol. The van der Waals surface area contributed by atoms with Crippen molar-refractivity contribution in [3.63, 3.8) is 0 Å². The van der Waals surface area contributed by atoms with Crippen LogP contribution in [0.4, 0.5) is 0 Å². The molecule has 0 bridgehead atoms. The van der Waals surface area contributed by atoms with E-state index in [0.29, 0.717) is 25.8 Å². The number of carbonyl (C=O) groups excluding carboxylic acids is 2. The topological polar surface area (TPSA) is 98.7 Å². The number of aliphatic carboxylic acids is 1. The molecule has 1 heterocycles. The highest BCUT2D eigenvalue weighted by molar-refractivity contribution is 6.07. The van der Waals surface area contributed by atoms with Crippen LogP contribution in [0, 0.1) is 5.92 Å². The molecule has 0 aromatic carbocycles. The van der Waals surface area contributed by atoms with Crippen molar-refractivity contribution < 1.29 is 19.5 Å². The second-order valence-electron chi connectivity index (χ2n) is 6.11. The minimum Gasteiger partial charge on any atom is -0.480 e. The van der Waals surface area contributed by atoms with Crippen molar-refractivity contribution in [2.45, 2.75) is 50.7 Å². The molecule has 1 saturated heterocycles. The van der Waals surface area contributed by atoms with Crippen LogP contribution >= 0.6 is 0 Å².